The Bertz CT molecular complexity index is 495. The average molecular weight is 378 g/mol. The van der Waals surface area contributed by atoms with E-state index in [1.54, 1.807) is 6.07 Å². The molecule has 0 aliphatic carbocycles. The first-order chi connectivity index (χ1) is 7.83. The van der Waals surface area contributed by atoms with Crippen molar-refractivity contribution >= 4 is 50.0 Å². The van der Waals surface area contributed by atoms with Crippen LogP contribution in [0.5, 0.6) is 0 Å². The van der Waals surface area contributed by atoms with Gasteiger partial charge >= 0.3 is 0 Å². The number of nitrogens with one attached hydrogen (secondary N) is 1. The summed E-state index contributed by atoms with van der Waals surface area (Å²) in [5, 5.41) is 0.196. The van der Waals surface area contributed by atoms with Crippen LogP contribution in [0.3, 0.4) is 0 Å². The molecule has 1 rings (SSSR count). The van der Waals surface area contributed by atoms with E-state index in [2.05, 4.69) is 20.7 Å². The second kappa shape index (κ2) is 7.67. The Labute approximate surface area is 127 Å². The van der Waals surface area contributed by atoms with Gasteiger partial charge in [0.15, 0.2) is 0 Å². The van der Waals surface area contributed by atoms with E-state index in [0.717, 1.165) is 0 Å². The van der Waals surface area contributed by atoms with Crippen LogP contribution in [0.25, 0.3) is 0 Å². The molecule has 0 fully saturated rings. The van der Waals surface area contributed by atoms with Gasteiger partial charge in [-0.3, -0.25) is 0 Å². The first kappa shape index (κ1) is 18.1. The molecule has 1 unspecified atom stereocenters. The van der Waals surface area contributed by atoms with Gasteiger partial charge in [-0.25, -0.2) is 13.1 Å². The quantitative estimate of drug-likeness (QED) is 0.828. The fourth-order valence-electron chi connectivity index (χ4n) is 1.18. The van der Waals surface area contributed by atoms with Gasteiger partial charge in [0.2, 0.25) is 10.0 Å². The van der Waals surface area contributed by atoms with Gasteiger partial charge in [-0.05, 0) is 31.5 Å². The van der Waals surface area contributed by atoms with E-state index in [-0.39, 0.29) is 28.4 Å². The molecular weight excluding hydrogens is 363 g/mol. The standard InChI is InChI=1S/C10H14BrClN2O2S.ClH/c1-7(13)4-5-14-17(15,16)10-6-8(11)2-3-9(10)12;/h2-3,6-7,14H,4-5,13H2,1H3;1H. The predicted molar refractivity (Wildman–Crippen MR) is 79.9 cm³/mol. The summed E-state index contributed by atoms with van der Waals surface area (Å²) in [6, 6.07) is 4.64. The fraction of sp³-hybridized carbons (Fsp3) is 0.400. The summed E-state index contributed by atoms with van der Waals surface area (Å²) in [6.07, 6.45) is 0.574. The number of hydrogen-bond donors (Lipinski definition) is 2. The minimum Gasteiger partial charge on any atom is -0.328 e. The van der Waals surface area contributed by atoms with Crippen LogP contribution in [0.2, 0.25) is 5.02 Å². The van der Waals surface area contributed by atoms with Gasteiger partial charge in [-0.1, -0.05) is 27.5 Å². The van der Waals surface area contributed by atoms with Gasteiger partial charge in [0, 0.05) is 17.1 Å². The summed E-state index contributed by atoms with van der Waals surface area (Å²) in [5.74, 6) is 0. The van der Waals surface area contributed by atoms with Gasteiger partial charge in [0.25, 0.3) is 0 Å². The van der Waals surface area contributed by atoms with Crippen LogP contribution in [0.15, 0.2) is 27.6 Å². The molecule has 8 heteroatoms. The van der Waals surface area contributed by atoms with E-state index in [0.29, 0.717) is 17.4 Å². The summed E-state index contributed by atoms with van der Waals surface area (Å²) in [4.78, 5) is 0.0678. The Morgan fingerprint density at radius 1 is 1.50 bits per heavy atom. The first-order valence-corrected chi connectivity index (χ1v) is 7.68. The van der Waals surface area contributed by atoms with Crippen LogP contribution >= 0.6 is 39.9 Å². The normalized spacial score (nSPS) is 12.9. The van der Waals surface area contributed by atoms with E-state index in [1.165, 1.54) is 12.1 Å². The summed E-state index contributed by atoms with van der Waals surface area (Å²) in [7, 11) is -3.58. The van der Waals surface area contributed by atoms with Crippen molar-refractivity contribution in [3.63, 3.8) is 0 Å². The monoisotopic (exact) mass is 376 g/mol. The second-order valence-electron chi connectivity index (χ2n) is 3.74. The topological polar surface area (TPSA) is 72.2 Å². The van der Waals surface area contributed by atoms with E-state index in [1.807, 2.05) is 6.92 Å². The molecule has 1 aromatic rings. The number of hydrogen-bond acceptors (Lipinski definition) is 3. The van der Waals surface area contributed by atoms with Crippen LogP contribution in [-0.2, 0) is 10.0 Å². The predicted octanol–water partition coefficient (Wildman–Crippen LogP) is 2.54. The molecule has 1 aromatic carbocycles. The summed E-state index contributed by atoms with van der Waals surface area (Å²) in [5.41, 5.74) is 5.55. The maximum absolute atomic E-state index is 11.9. The van der Waals surface area contributed by atoms with Crippen LogP contribution < -0.4 is 10.5 Å². The maximum Gasteiger partial charge on any atom is 0.242 e. The number of halogens is 3. The molecule has 0 heterocycles. The minimum absolute atomic E-state index is 0. The molecule has 0 aromatic heterocycles. The molecule has 18 heavy (non-hydrogen) atoms. The number of rotatable bonds is 5. The van der Waals surface area contributed by atoms with Crippen LogP contribution in [-0.4, -0.2) is 21.0 Å². The summed E-state index contributed by atoms with van der Waals surface area (Å²) in [6.45, 7) is 2.11. The Morgan fingerprint density at radius 3 is 2.67 bits per heavy atom. The third-order valence-electron chi connectivity index (χ3n) is 2.07. The van der Waals surface area contributed by atoms with Crippen molar-refractivity contribution in [2.75, 3.05) is 6.54 Å². The van der Waals surface area contributed by atoms with Crippen molar-refractivity contribution in [2.45, 2.75) is 24.3 Å². The zero-order valence-corrected chi connectivity index (χ0v) is 13.7. The number of nitrogens with two attached hydrogens (primary N) is 1. The molecule has 0 aliphatic heterocycles. The van der Waals surface area contributed by atoms with Gasteiger partial charge in [0.1, 0.15) is 4.90 Å². The molecule has 0 bridgehead atoms. The van der Waals surface area contributed by atoms with E-state index >= 15 is 0 Å². The van der Waals surface area contributed by atoms with Crippen LogP contribution in [0.4, 0.5) is 0 Å². The lowest BCUT2D eigenvalue weighted by Gasteiger charge is -2.09. The molecule has 104 valence electrons. The molecule has 3 N–H and O–H groups in total. The lowest BCUT2D eigenvalue weighted by atomic mass is 10.3. The average Bonchev–Trinajstić information content (AvgIpc) is 2.20. The van der Waals surface area contributed by atoms with Crippen molar-refractivity contribution in [2.24, 2.45) is 5.73 Å². The molecule has 0 radical (unpaired) electrons. The zero-order valence-electron chi connectivity index (χ0n) is 9.69. The minimum atomic E-state index is -3.58. The molecule has 1 atom stereocenters. The van der Waals surface area contributed by atoms with Crippen molar-refractivity contribution in [3.8, 4) is 0 Å². The molecule has 0 spiro atoms. The molecule has 0 aliphatic rings. The van der Waals surface area contributed by atoms with Crippen molar-refractivity contribution in [1.29, 1.82) is 0 Å². The summed E-state index contributed by atoms with van der Waals surface area (Å²) >= 11 is 9.07. The highest BCUT2D eigenvalue weighted by molar-refractivity contribution is 9.10. The number of sulfonamides is 1. The Morgan fingerprint density at radius 2 is 2.11 bits per heavy atom. The molecule has 0 amide bonds. The Balaban J connectivity index is 0.00000289. The SMILES string of the molecule is CC(N)CCNS(=O)(=O)c1cc(Br)ccc1Cl.Cl. The zero-order chi connectivity index (χ0) is 13.1. The highest BCUT2D eigenvalue weighted by Gasteiger charge is 2.17. The first-order valence-electron chi connectivity index (χ1n) is 5.03. The fourth-order valence-corrected chi connectivity index (χ4v) is 3.27. The van der Waals surface area contributed by atoms with Crippen molar-refractivity contribution in [3.05, 3.63) is 27.7 Å². The van der Waals surface area contributed by atoms with E-state index in [4.69, 9.17) is 17.3 Å². The third-order valence-corrected chi connectivity index (χ3v) is 4.51. The van der Waals surface area contributed by atoms with Gasteiger partial charge < -0.3 is 5.73 Å². The van der Waals surface area contributed by atoms with Crippen LogP contribution in [0.1, 0.15) is 13.3 Å². The molecule has 0 saturated carbocycles. The van der Waals surface area contributed by atoms with Gasteiger partial charge in [-0.2, -0.15) is 0 Å². The lowest BCUT2D eigenvalue weighted by molar-refractivity contribution is 0.572. The largest absolute Gasteiger partial charge is 0.328 e. The smallest absolute Gasteiger partial charge is 0.242 e. The third kappa shape index (κ3) is 5.42. The molecule has 4 nitrogen and oxygen atoms in total. The van der Waals surface area contributed by atoms with E-state index in [9.17, 15) is 8.42 Å². The van der Waals surface area contributed by atoms with Crippen molar-refractivity contribution in [1.82, 2.24) is 4.72 Å². The molecule has 0 saturated heterocycles. The number of benzene rings is 1. The van der Waals surface area contributed by atoms with Crippen LogP contribution in [0, 0.1) is 0 Å². The summed E-state index contributed by atoms with van der Waals surface area (Å²) < 4.78 is 27.0. The van der Waals surface area contributed by atoms with Crippen molar-refractivity contribution < 1.29 is 8.42 Å². The highest BCUT2D eigenvalue weighted by atomic mass is 79.9. The Hall–Kier alpha value is 0.150. The highest BCUT2D eigenvalue weighted by Crippen LogP contribution is 2.24. The Kier molecular flexibility index (Phi) is 7.73. The second-order valence-corrected chi connectivity index (χ2v) is 6.80. The maximum atomic E-state index is 11.9. The van der Waals surface area contributed by atoms with Gasteiger partial charge in [0.05, 0.1) is 5.02 Å². The van der Waals surface area contributed by atoms with E-state index < -0.39 is 10.0 Å². The molecular formula is C10H15BrCl2N2O2S. The lowest BCUT2D eigenvalue weighted by Crippen LogP contribution is -2.29. The van der Waals surface area contributed by atoms with Gasteiger partial charge in [-0.15, -0.1) is 12.4 Å².